The molecule has 2 aromatic carbocycles. The van der Waals surface area contributed by atoms with Crippen LogP contribution >= 0.6 is 11.6 Å². The standard InChI is InChI=1S/C22H26ClN3O5S/c1-3-22-25-20(14-31-22)15-4-7-17(8-5-15)30-11-10-24-13-21(27)16-6-9-18(23)19(12-16)26-32(2,28)29/h4-9,12,14,21,24,26-27H,3,10-11,13H2,1-2H3/t21-/m0/s1. The first-order valence-corrected chi connectivity index (χ1v) is 12.4. The Labute approximate surface area is 192 Å². The Balaban J connectivity index is 1.44. The smallest absolute Gasteiger partial charge is 0.229 e. The average molecular weight is 480 g/mol. The molecule has 0 fully saturated rings. The first-order chi connectivity index (χ1) is 15.2. The van der Waals surface area contributed by atoms with Gasteiger partial charge in [-0.1, -0.05) is 24.6 Å². The second kappa shape index (κ2) is 10.8. The Hall–Kier alpha value is -2.59. The highest BCUT2D eigenvalue weighted by atomic mass is 35.5. The predicted molar refractivity (Wildman–Crippen MR) is 125 cm³/mol. The van der Waals surface area contributed by atoms with E-state index in [9.17, 15) is 13.5 Å². The Morgan fingerprint density at radius 2 is 1.97 bits per heavy atom. The molecule has 172 valence electrons. The van der Waals surface area contributed by atoms with Gasteiger partial charge in [-0.05, 0) is 42.0 Å². The Kier molecular flexibility index (Phi) is 8.14. The number of sulfonamides is 1. The molecule has 1 heterocycles. The van der Waals surface area contributed by atoms with Gasteiger partial charge in [-0.3, -0.25) is 4.72 Å². The molecular formula is C22H26ClN3O5S. The highest BCUT2D eigenvalue weighted by Gasteiger charge is 2.12. The molecular weight excluding hydrogens is 454 g/mol. The summed E-state index contributed by atoms with van der Waals surface area (Å²) >= 11 is 6.01. The summed E-state index contributed by atoms with van der Waals surface area (Å²) in [7, 11) is -3.47. The number of nitrogens with one attached hydrogen (secondary N) is 2. The van der Waals surface area contributed by atoms with E-state index < -0.39 is 16.1 Å². The summed E-state index contributed by atoms with van der Waals surface area (Å²) in [5.41, 5.74) is 2.52. The quantitative estimate of drug-likeness (QED) is 0.360. The van der Waals surface area contributed by atoms with E-state index in [4.69, 9.17) is 20.8 Å². The minimum atomic E-state index is -3.47. The molecule has 8 nitrogen and oxygen atoms in total. The van der Waals surface area contributed by atoms with Gasteiger partial charge < -0.3 is 19.6 Å². The van der Waals surface area contributed by atoms with Gasteiger partial charge in [0, 0.05) is 25.1 Å². The third-order valence-electron chi connectivity index (χ3n) is 4.56. The van der Waals surface area contributed by atoms with Gasteiger partial charge in [0.05, 0.1) is 23.1 Å². The van der Waals surface area contributed by atoms with Crippen molar-refractivity contribution in [3.8, 4) is 17.0 Å². The molecule has 0 unspecified atom stereocenters. The third-order valence-corrected chi connectivity index (χ3v) is 5.48. The van der Waals surface area contributed by atoms with Gasteiger partial charge in [-0.25, -0.2) is 13.4 Å². The summed E-state index contributed by atoms with van der Waals surface area (Å²) in [6, 6.07) is 12.3. The number of nitrogens with zero attached hydrogens (tertiary/aromatic N) is 1. The lowest BCUT2D eigenvalue weighted by molar-refractivity contribution is 0.172. The summed E-state index contributed by atoms with van der Waals surface area (Å²) in [6.07, 6.45) is 2.60. The number of aliphatic hydroxyl groups excluding tert-OH is 1. The molecule has 3 aromatic rings. The van der Waals surface area contributed by atoms with Crippen LogP contribution in [0.1, 0.15) is 24.5 Å². The monoisotopic (exact) mass is 479 g/mol. The molecule has 1 atom stereocenters. The van der Waals surface area contributed by atoms with Gasteiger partial charge in [-0.2, -0.15) is 0 Å². The zero-order valence-electron chi connectivity index (χ0n) is 17.8. The number of ether oxygens (including phenoxy) is 1. The topological polar surface area (TPSA) is 114 Å². The zero-order valence-corrected chi connectivity index (χ0v) is 19.4. The van der Waals surface area contributed by atoms with Crippen LogP contribution in [0.3, 0.4) is 0 Å². The lowest BCUT2D eigenvalue weighted by Crippen LogP contribution is -2.26. The van der Waals surface area contributed by atoms with E-state index in [0.717, 1.165) is 29.7 Å². The molecule has 0 bridgehead atoms. The number of anilines is 1. The van der Waals surface area contributed by atoms with E-state index in [-0.39, 0.29) is 17.3 Å². The van der Waals surface area contributed by atoms with Crippen LogP contribution < -0.4 is 14.8 Å². The van der Waals surface area contributed by atoms with Gasteiger partial charge in [0.2, 0.25) is 10.0 Å². The van der Waals surface area contributed by atoms with Crippen molar-refractivity contribution in [3.05, 3.63) is 65.2 Å². The number of aromatic nitrogens is 1. The lowest BCUT2D eigenvalue weighted by Gasteiger charge is -2.15. The molecule has 0 spiro atoms. The number of hydrogen-bond acceptors (Lipinski definition) is 7. The lowest BCUT2D eigenvalue weighted by atomic mass is 10.1. The van der Waals surface area contributed by atoms with Crippen LogP contribution in [0.25, 0.3) is 11.3 Å². The molecule has 3 N–H and O–H groups in total. The summed E-state index contributed by atoms with van der Waals surface area (Å²) in [6.45, 7) is 3.19. The maximum absolute atomic E-state index is 11.4. The van der Waals surface area contributed by atoms with Gasteiger partial charge >= 0.3 is 0 Å². The fourth-order valence-electron chi connectivity index (χ4n) is 2.95. The highest BCUT2D eigenvalue weighted by molar-refractivity contribution is 7.92. The minimum Gasteiger partial charge on any atom is -0.492 e. The third kappa shape index (κ3) is 6.96. The molecule has 0 aliphatic carbocycles. The summed E-state index contributed by atoms with van der Waals surface area (Å²) in [5.74, 6) is 1.43. The first-order valence-electron chi connectivity index (χ1n) is 10.1. The van der Waals surface area contributed by atoms with Crippen molar-refractivity contribution in [3.63, 3.8) is 0 Å². The number of aliphatic hydroxyl groups is 1. The molecule has 1 aromatic heterocycles. The summed E-state index contributed by atoms with van der Waals surface area (Å²) < 4.78 is 36.3. The minimum absolute atomic E-state index is 0.231. The maximum atomic E-state index is 11.4. The van der Waals surface area contributed by atoms with Crippen LogP contribution in [-0.4, -0.2) is 44.5 Å². The van der Waals surface area contributed by atoms with E-state index in [1.807, 2.05) is 31.2 Å². The van der Waals surface area contributed by atoms with Crippen molar-refractivity contribution in [2.24, 2.45) is 0 Å². The highest BCUT2D eigenvalue weighted by Crippen LogP contribution is 2.26. The zero-order chi connectivity index (χ0) is 23.1. The molecule has 0 aliphatic heterocycles. The van der Waals surface area contributed by atoms with Crippen LogP contribution in [-0.2, 0) is 16.4 Å². The van der Waals surface area contributed by atoms with Crippen LogP contribution in [0.4, 0.5) is 5.69 Å². The van der Waals surface area contributed by atoms with E-state index in [1.54, 1.807) is 18.4 Å². The van der Waals surface area contributed by atoms with E-state index in [1.165, 1.54) is 6.07 Å². The largest absolute Gasteiger partial charge is 0.492 e. The van der Waals surface area contributed by atoms with Crippen molar-refractivity contribution in [1.82, 2.24) is 10.3 Å². The van der Waals surface area contributed by atoms with E-state index >= 15 is 0 Å². The van der Waals surface area contributed by atoms with Gasteiger partial charge in [0.25, 0.3) is 0 Å². The summed E-state index contributed by atoms with van der Waals surface area (Å²) in [4.78, 5) is 4.40. The van der Waals surface area contributed by atoms with Gasteiger partial charge in [0.1, 0.15) is 24.3 Å². The molecule has 32 heavy (non-hydrogen) atoms. The van der Waals surface area contributed by atoms with Gasteiger partial charge in [-0.15, -0.1) is 0 Å². The predicted octanol–water partition coefficient (Wildman–Crippen LogP) is 3.63. The van der Waals surface area contributed by atoms with E-state index in [0.29, 0.717) is 24.6 Å². The second-order valence-corrected chi connectivity index (χ2v) is 9.34. The molecule has 0 saturated heterocycles. The van der Waals surface area contributed by atoms with Crippen LogP contribution in [0.15, 0.2) is 53.1 Å². The molecule has 0 radical (unpaired) electrons. The second-order valence-electron chi connectivity index (χ2n) is 7.19. The van der Waals surface area contributed by atoms with Crippen molar-refractivity contribution in [2.45, 2.75) is 19.4 Å². The van der Waals surface area contributed by atoms with Crippen LogP contribution in [0.5, 0.6) is 5.75 Å². The Bertz CT molecular complexity index is 1130. The molecule has 3 rings (SSSR count). The van der Waals surface area contributed by atoms with Crippen LogP contribution in [0.2, 0.25) is 5.02 Å². The molecule has 0 saturated carbocycles. The Morgan fingerprint density at radius 1 is 1.22 bits per heavy atom. The number of rotatable bonds is 11. The molecule has 0 amide bonds. The number of benzene rings is 2. The number of aryl methyl sites for hydroxylation is 1. The van der Waals surface area contributed by atoms with Gasteiger partial charge in [0.15, 0.2) is 5.89 Å². The normalized spacial score (nSPS) is 12.5. The molecule has 10 heteroatoms. The fourth-order valence-corrected chi connectivity index (χ4v) is 3.74. The average Bonchev–Trinajstić information content (AvgIpc) is 3.24. The van der Waals surface area contributed by atoms with Crippen molar-refractivity contribution in [2.75, 3.05) is 30.7 Å². The SMILES string of the molecule is CCc1nc(-c2ccc(OCCNC[C@H](O)c3ccc(Cl)c(NS(C)(=O)=O)c3)cc2)co1. The fraction of sp³-hybridized carbons (Fsp3) is 0.318. The van der Waals surface area contributed by atoms with Crippen molar-refractivity contribution < 1.29 is 22.7 Å². The molecule has 0 aliphatic rings. The Morgan fingerprint density at radius 3 is 2.62 bits per heavy atom. The van der Waals surface area contributed by atoms with Crippen molar-refractivity contribution >= 4 is 27.3 Å². The maximum Gasteiger partial charge on any atom is 0.229 e. The van der Waals surface area contributed by atoms with Crippen LogP contribution in [0, 0.1) is 0 Å². The number of halogens is 1. The number of oxazole rings is 1. The van der Waals surface area contributed by atoms with E-state index in [2.05, 4.69) is 15.0 Å². The first kappa shape index (κ1) is 24.1. The summed E-state index contributed by atoms with van der Waals surface area (Å²) in [5, 5.41) is 13.7. The number of hydrogen-bond donors (Lipinski definition) is 3. The van der Waals surface area contributed by atoms with Crippen molar-refractivity contribution in [1.29, 1.82) is 0 Å².